The number of carbonyl (C=O) groups excluding carboxylic acids is 1. The van der Waals surface area contributed by atoms with Gasteiger partial charge in [-0.25, -0.2) is 0 Å². The molecule has 0 aliphatic heterocycles. The maximum atomic E-state index is 10.6. The summed E-state index contributed by atoms with van der Waals surface area (Å²) < 4.78 is 5.20. The van der Waals surface area contributed by atoms with Gasteiger partial charge >= 0.3 is 0 Å². The van der Waals surface area contributed by atoms with E-state index in [4.69, 9.17) is 22.1 Å². The summed E-state index contributed by atoms with van der Waals surface area (Å²) in [6.07, 6.45) is -0.624. The van der Waals surface area contributed by atoms with Gasteiger partial charge in [0, 0.05) is 5.02 Å². The minimum absolute atomic E-state index is 0.491. The monoisotopic (exact) mass is 199 g/mol. The van der Waals surface area contributed by atoms with Crippen LogP contribution in [0, 0.1) is 0 Å². The van der Waals surface area contributed by atoms with E-state index < -0.39 is 12.0 Å². The van der Waals surface area contributed by atoms with Crippen molar-refractivity contribution in [1.82, 2.24) is 0 Å². The van der Waals surface area contributed by atoms with Gasteiger partial charge in [-0.1, -0.05) is 11.6 Å². The lowest BCUT2D eigenvalue weighted by Crippen LogP contribution is -2.30. The molecule has 1 atom stereocenters. The van der Waals surface area contributed by atoms with E-state index in [0.29, 0.717) is 10.8 Å². The fourth-order valence-electron chi connectivity index (χ4n) is 0.775. The molecule has 0 radical (unpaired) electrons. The van der Waals surface area contributed by atoms with Gasteiger partial charge in [0.1, 0.15) is 5.75 Å². The van der Waals surface area contributed by atoms with E-state index in [2.05, 4.69) is 0 Å². The summed E-state index contributed by atoms with van der Waals surface area (Å²) in [7, 11) is 0. The van der Waals surface area contributed by atoms with Gasteiger partial charge in [0.15, 0.2) is 6.10 Å². The third-order valence-corrected chi connectivity index (χ3v) is 1.78. The molecule has 0 saturated carbocycles. The Morgan fingerprint density at radius 1 is 1.46 bits per heavy atom. The summed E-state index contributed by atoms with van der Waals surface area (Å²) in [5.41, 5.74) is 5.02. The molecule has 0 spiro atoms. The van der Waals surface area contributed by atoms with Crippen molar-refractivity contribution in [3.05, 3.63) is 29.3 Å². The Kier molecular flexibility index (Phi) is 3.14. The molecule has 1 aromatic rings. The predicted molar refractivity (Wildman–Crippen MR) is 50.7 cm³/mol. The molecule has 1 aromatic carbocycles. The molecule has 0 heterocycles. The first kappa shape index (κ1) is 9.86. The molecule has 0 fully saturated rings. The Labute approximate surface area is 81.4 Å². The Balaban J connectivity index is 2.64. The average Bonchev–Trinajstić information content (AvgIpc) is 2.08. The molecule has 1 amide bonds. The highest BCUT2D eigenvalue weighted by atomic mass is 35.5. The predicted octanol–water partition coefficient (Wildman–Crippen LogP) is 1.59. The van der Waals surface area contributed by atoms with Crippen LogP contribution in [0.25, 0.3) is 0 Å². The van der Waals surface area contributed by atoms with E-state index in [0.717, 1.165) is 0 Å². The van der Waals surface area contributed by atoms with E-state index in [1.165, 1.54) is 0 Å². The van der Waals surface area contributed by atoms with Crippen molar-refractivity contribution in [2.45, 2.75) is 13.0 Å². The molecule has 1 rings (SSSR count). The van der Waals surface area contributed by atoms with Gasteiger partial charge in [0.25, 0.3) is 5.91 Å². The van der Waals surface area contributed by atoms with Crippen LogP contribution in [-0.2, 0) is 4.79 Å². The topological polar surface area (TPSA) is 52.3 Å². The lowest BCUT2D eigenvalue weighted by molar-refractivity contribution is -0.123. The first-order valence-corrected chi connectivity index (χ1v) is 4.19. The number of benzene rings is 1. The molecule has 0 aromatic heterocycles. The Morgan fingerprint density at radius 2 is 2.00 bits per heavy atom. The first-order chi connectivity index (χ1) is 6.09. The summed E-state index contributed by atoms with van der Waals surface area (Å²) >= 11 is 5.66. The van der Waals surface area contributed by atoms with Crippen LogP contribution in [0.4, 0.5) is 0 Å². The molecule has 0 saturated heterocycles. The number of nitrogens with two attached hydrogens (primary N) is 1. The largest absolute Gasteiger partial charge is 0.481 e. The minimum Gasteiger partial charge on any atom is -0.481 e. The average molecular weight is 200 g/mol. The van der Waals surface area contributed by atoms with Crippen LogP contribution in [0.3, 0.4) is 0 Å². The Bertz CT molecular complexity index is 297. The van der Waals surface area contributed by atoms with Crippen LogP contribution < -0.4 is 10.5 Å². The van der Waals surface area contributed by atoms with Gasteiger partial charge in [0.2, 0.25) is 0 Å². The number of carbonyl (C=O) groups is 1. The smallest absolute Gasteiger partial charge is 0.258 e. The van der Waals surface area contributed by atoms with E-state index in [-0.39, 0.29) is 0 Å². The van der Waals surface area contributed by atoms with Crippen LogP contribution >= 0.6 is 11.6 Å². The summed E-state index contributed by atoms with van der Waals surface area (Å²) in [6, 6.07) is 6.73. The summed E-state index contributed by atoms with van der Waals surface area (Å²) in [6.45, 7) is 1.59. The van der Waals surface area contributed by atoms with Gasteiger partial charge in [0.05, 0.1) is 0 Å². The molecule has 2 N–H and O–H groups in total. The number of halogens is 1. The Hall–Kier alpha value is -1.22. The number of primary amides is 1. The number of amides is 1. The molecule has 0 bridgehead atoms. The number of ether oxygens (including phenoxy) is 1. The van der Waals surface area contributed by atoms with Crippen molar-refractivity contribution in [2.24, 2.45) is 5.73 Å². The zero-order chi connectivity index (χ0) is 9.84. The lowest BCUT2D eigenvalue weighted by Gasteiger charge is -2.10. The van der Waals surface area contributed by atoms with E-state index in [1.54, 1.807) is 31.2 Å². The first-order valence-electron chi connectivity index (χ1n) is 3.81. The van der Waals surface area contributed by atoms with Crippen molar-refractivity contribution in [2.75, 3.05) is 0 Å². The zero-order valence-corrected chi connectivity index (χ0v) is 7.91. The van der Waals surface area contributed by atoms with Crippen LogP contribution in [0.5, 0.6) is 5.75 Å². The second-order valence-corrected chi connectivity index (χ2v) is 3.05. The molecule has 4 heteroatoms. The highest BCUT2D eigenvalue weighted by Gasteiger charge is 2.09. The highest BCUT2D eigenvalue weighted by Crippen LogP contribution is 2.16. The Morgan fingerprint density at radius 3 is 2.46 bits per heavy atom. The van der Waals surface area contributed by atoms with Crippen LogP contribution in [0.15, 0.2) is 24.3 Å². The third-order valence-electron chi connectivity index (χ3n) is 1.53. The van der Waals surface area contributed by atoms with E-state index in [9.17, 15) is 4.79 Å². The SMILES string of the molecule is C[C@@H](Oc1ccc(Cl)cc1)C(N)=O. The molecule has 13 heavy (non-hydrogen) atoms. The van der Waals surface area contributed by atoms with Gasteiger partial charge < -0.3 is 10.5 Å². The van der Waals surface area contributed by atoms with E-state index in [1.807, 2.05) is 0 Å². The molecule has 70 valence electrons. The maximum absolute atomic E-state index is 10.6. The van der Waals surface area contributed by atoms with Gasteiger partial charge in [-0.05, 0) is 31.2 Å². The maximum Gasteiger partial charge on any atom is 0.258 e. The fraction of sp³-hybridized carbons (Fsp3) is 0.222. The second-order valence-electron chi connectivity index (χ2n) is 2.62. The standard InChI is InChI=1S/C9H10ClNO2/c1-6(9(11)12)13-8-4-2-7(10)3-5-8/h2-6H,1H3,(H2,11,12)/t6-/m1/s1. The third kappa shape index (κ3) is 2.95. The van der Waals surface area contributed by atoms with Gasteiger partial charge in [-0.15, -0.1) is 0 Å². The van der Waals surface area contributed by atoms with Crippen molar-refractivity contribution < 1.29 is 9.53 Å². The highest BCUT2D eigenvalue weighted by molar-refractivity contribution is 6.30. The lowest BCUT2D eigenvalue weighted by atomic mass is 10.3. The molecule has 0 unspecified atom stereocenters. The van der Waals surface area contributed by atoms with Crippen molar-refractivity contribution in [3.8, 4) is 5.75 Å². The number of rotatable bonds is 3. The molecule has 0 aliphatic carbocycles. The minimum atomic E-state index is -0.624. The molecule has 0 aliphatic rings. The van der Waals surface area contributed by atoms with Crippen LogP contribution in [-0.4, -0.2) is 12.0 Å². The van der Waals surface area contributed by atoms with Crippen molar-refractivity contribution >= 4 is 17.5 Å². The zero-order valence-electron chi connectivity index (χ0n) is 7.16. The van der Waals surface area contributed by atoms with Crippen molar-refractivity contribution in [3.63, 3.8) is 0 Å². The normalized spacial score (nSPS) is 12.2. The quantitative estimate of drug-likeness (QED) is 0.804. The molecule has 3 nitrogen and oxygen atoms in total. The summed E-state index contributed by atoms with van der Waals surface area (Å²) in [5.74, 6) is 0.0886. The molecular weight excluding hydrogens is 190 g/mol. The van der Waals surface area contributed by atoms with Crippen LogP contribution in [0.1, 0.15) is 6.92 Å². The second kappa shape index (κ2) is 4.14. The summed E-state index contributed by atoms with van der Waals surface area (Å²) in [5, 5.41) is 0.624. The van der Waals surface area contributed by atoms with Crippen molar-refractivity contribution in [1.29, 1.82) is 0 Å². The van der Waals surface area contributed by atoms with Crippen LogP contribution in [0.2, 0.25) is 5.02 Å². The van der Waals surface area contributed by atoms with E-state index >= 15 is 0 Å². The fourth-order valence-corrected chi connectivity index (χ4v) is 0.901. The molecular formula is C9H10ClNO2. The summed E-state index contributed by atoms with van der Waals surface area (Å²) in [4.78, 5) is 10.6. The number of hydrogen-bond acceptors (Lipinski definition) is 2. The number of hydrogen-bond donors (Lipinski definition) is 1. The van der Waals surface area contributed by atoms with Gasteiger partial charge in [-0.2, -0.15) is 0 Å². The van der Waals surface area contributed by atoms with Gasteiger partial charge in [-0.3, -0.25) is 4.79 Å².